The molecule has 0 spiro atoms. The van der Waals surface area contributed by atoms with E-state index in [4.69, 9.17) is 19.2 Å². The molecule has 4 nitrogen and oxygen atoms in total. The first-order valence-electron chi connectivity index (χ1n) is 12.0. The van der Waals surface area contributed by atoms with Crippen molar-refractivity contribution in [1.29, 1.82) is 0 Å². The van der Waals surface area contributed by atoms with E-state index in [1.54, 1.807) is 32.1 Å². The highest BCUT2D eigenvalue weighted by Crippen LogP contribution is 2.68. The Labute approximate surface area is 195 Å². The third kappa shape index (κ3) is 5.60. The maximum absolute atomic E-state index is 8.12. The van der Waals surface area contributed by atoms with Crippen molar-refractivity contribution in [2.75, 3.05) is 0 Å². The van der Waals surface area contributed by atoms with Crippen molar-refractivity contribution in [2.45, 2.75) is 109 Å². The molecule has 0 aromatic rings. The summed E-state index contributed by atoms with van der Waals surface area (Å²) in [4.78, 5) is 32.5. The van der Waals surface area contributed by atoms with Gasteiger partial charge in [-0.15, -0.1) is 0 Å². The summed E-state index contributed by atoms with van der Waals surface area (Å²) in [6.07, 6.45) is 18.7. The van der Waals surface area contributed by atoms with Gasteiger partial charge in [0.25, 0.3) is 0 Å². The second-order valence-electron chi connectivity index (χ2n) is 13.5. The van der Waals surface area contributed by atoms with Crippen LogP contribution in [0.5, 0.6) is 0 Å². The molecule has 0 saturated heterocycles. The number of halogens is 1. The number of alkyl halides is 1. The zero-order chi connectivity index (χ0) is 23.1. The minimum absolute atomic E-state index is 0.250. The molecule has 8 fully saturated rings. The highest BCUT2D eigenvalue weighted by atomic mass is 79.9. The van der Waals surface area contributed by atoms with Gasteiger partial charge in [-0.2, -0.15) is 19.2 Å². The Bertz CT molecular complexity index is 652. The molecule has 0 radical (unpaired) electrons. The van der Waals surface area contributed by atoms with Gasteiger partial charge < -0.3 is 0 Å². The molecule has 0 aromatic heterocycles. The van der Waals surface area contributed by atoms with E-state index in [0.29, 0.717) is 15.2 Å². The zero-order valence-corrected chi connectivity index (χ0v) is 21.3. The number of rotatable bonds is 0. The molecule has 5 heteroatoms. The van der Waals surface area contributed by atoms with Crippen molar-refractivity contribution in [3.8, 4) is 0 Å². The summed E-state index contributed by atoms with van der Waals surface area (Å²) >= 11 is 4.03. The normalized spacial score (nSPS) is 51.7. The summed E-state index contributed by atoms with van der Waals surface area (Å²) in [5, 5.41) is 0. The van der Waals surface area contributed by atoms with Crippen LogP contribution in [0.2, 0.25) is 0 Å². The Kier molecular flexibility index (Phi) is 6.86. The van der Waals surface area contributed by atoms with Crippen molar-refractivity contribution in [3.05, 3.63) is 0 Å². The van der Waals surface area contributed by atoms with Crippen molar-refractivity contribution >= 4 is 28.2 Å². The Morgan fingerprint density at radius 2 is 0.871 bits per heavy atom. The molecule has 8 rings (SSSR count). The molecule has 0 N–H and O–H groups in total. The first-order valence-corrected chi connectivity index (χ1v) is 12.8. The molecule has 0 aromatic carbocycles. The molecule has 2 unspecified atom stereocenters. The van der Waals surface area contributed by atoms with Crippen molar-refractivity contribution < 1.29 is 19.2 Å². The highest BCUT2D eigenvalue weighted by molar-refractivity contribution is 9.10. The molecular weight excluding hydrogens is 456 g/mol. The Morgan fingerprint density at radius 1 is 0.548 bits per heavy atom. The van der Waals surface area contributed by atoms with Crippen LogP contribution in [0.1, 0.15) is 105 Å². The maximum atomic E-state index is 8.12. The quantitative estimate of drug-likeness (QED) is 0.356. The smallest absolute Gasteiger partial charge is 0.186 e. The highest BCUT2D eigenvalue weighted by Gasteiger charge is 2.59. The van der Waals surface area contributed by atoms with E-state index in [1.807, 2.05) is 0 Å². The second kappa shape index (κ2) is 8.54. The molecule has 0 amide bonds. The summed E-state index contributed by atoms with van der Waals surface area (Å²) in [5.41, 5.74) is 2.88. The first kappa shape index (κ1) is 24.9. The van der Waals surface area contributed by atoms with E-state index in [9.17, 15) is 0 Å². The van der Waals surface area contributed by atoms with Gasteiger partial charge in [0.1, 0.15) is 0 Å². The van der Waals surface area contributed by atoms with E-state index >= 15 is 0 Å². The lowest BCUT2D eigenvalue weighted by Gasteiger charge is -2.63. The van der Waals surface area contributed by atoms with Crippen LogP contribution in [0.25, 0.3) is 0 Å². The lowest BCUT2D eigenvalue weighted by molar-refractivity contribution is -0.193. The Balaban J connectivity index is 0.000000141. The fraction of sp³-hybridized carbons (Fsp3) is 0.923. The fourth-order valence-corrected chi connectivity index (χ4v) is 12.3. The molecule has 0 aliphatic heterocycles. The lowest BCUT2D eigenvalue weighted by Crippen LogP contribution is -2.55. The minimum atomic E-state index is 0.250. The van der Waals surface area contributed by atoms with Crippen LogP contribution in [0.3, 0.4) is 0 Å². The molecule has 8 saturated carbocycles. The summed E-state index contributed by atoms with van der Waals surface area (Å²) in [7, 11) is 0. The monoisotopic (exact) mass is 494 g/mol. The Hall–Kier alpha value is -0.760. The molecule has 0 heterocycles. The van der Waals surface area contributed by atoms with Crippen LogP contribution in [-0.2, 0) is 19.2 Å². The topological polar surface area (TPSA) is 68.3 Å². The van der Waals surface area contributed by atoms with Gasteiger partial charge in [0, 0.05) is 4.32 Å². The lowest BCUT2D eigenvalue weighted by atomic mass is 9.45. The van der Waals surface area contributed by atoms with Crippen molar-refractivity contribution in [1.82, 2.24) is 0 Å². The fourth-order valence-electron chi connectivity index (χ4n) is 10.5. The van der Waals surface area contributed by atoms with Gasteiger partial charge in [-0.05, 0) is 116 Å². The van der Waals surface area contributed by atoms with Gasteiger partial charge in [0.05, 0.1) is 0 Å². The van der Waals surface area contributed by atoms with E-state index in [2.05, 4.69) is 43.6 Å². The molecule has 8 aliphatic rings. The summed E-state index contributed by atoms with van der Waals surface area (Å²) in [6.45, 7) is 10.1. The van der Waals surface area contributed by atoms with Gasteiger partial charge in [-0.25, -0.2) is 0 Å². The molecule has 174 valence electrons. The summed E-state index contributed by atoms with van der Waals surface area (Å²) in [5.74, 6) is 3.26. The number of carbonyl (C=O) groups excluding carboxylic acids is 4. The predicted octanol–water partition coefficient (Wildman–Crippen LogP) is 6.58. The summed E-state index contributed by atoms with van der Waals surface area (Å²) in [6, 6.07) is 0. The van der Waals surface area contributed by atoms with Gasteiger partial charge >= 0.3 is 12.3 Å². The molecular formula is C26H39BrO4. The van der Waals surface area contributed by atoms with Crippen LogP contribution in [0, 0.1) is 39.4 Å². The SMILES string of the molecule is CC12CC3CC(C)(C1)CC(Br)(C3)C2.CC12CC3CC(C1)CC(C)(C3)C2.O=C=O.O=C=O. The van der Waals surface area contributed by atoms with Gasteiger partial charge in [0.15, 0.2) is 0 Å². The van der Waals surface area contributed by atoms with Gasteiger partial charge in [-0.1, -0.05) is 43.6 Å². The van der Waals surface area contributed by atoms with E-state index in [0.717, 1.165) is 28.6 Å². The maximum Gasteiger partial charge on any atom is 0.373 e. The van der Waals surface area contributed by atoms with Crippen molar-refractivity contribution in [3.63, 3.8) is 0 Å². The van der Waals surface area contributed by atoms with Crippen LogP contribution >= 0.6 is 15.9 Å². The van der Waals surface area contributed by atoms with Crippen LogP contribution in [-0.4, -0.2) is 16.6 Å². The van der Waals surface area contributed by atoms with Gasteiger partial charge in [-0.3, -0.25) is 0 Å². The Morgan fingerprint density at radius 3 is 1.16 bits per heavy atom. The van der Waals surface area contributed by atoms with Gasteiger partial charge in [0.2, 0.25) is 0 Å². The molecule has 8 aliphatic carbocycles. The first-order chi connectivity index (χ1) is 14.3. The summed E-state index contributed by atoms with van der Waals surface area (Å²) < 4.78 is 0.538. The van der Waals surface area contributed by atoms with E-state index in [1.165, 1.54) is 44.9 Å². The standard InChI is InChI=1S/C12H19Br.C12H20.2CO2/c1-10-3-9-4-11(2,6-10)8-12(13,5-9)7-10;1-11-4-9-3-10(5-11)7-12(2,6-9)8-11;2*2-1-3/h9H,3-8H2,1-2H3;9-10H,3-8H2,1-2H3;;. The average Bonchev–Trinajstić information content (AvgIpc) is 2.48. The third-order valence-corrected chi connectivity index (χ3v) is 10.1. The van der Waals surface area contributed by atoms with E-state index in [-0.39, 0.29) is 12.3 Å². The average molecular weight is 495 g/mol. The molecule has 31 heavy (non-hydrogen) atoms. The largest absolute Gasteiger partial charge is 0.373 e. The second-order valence-corrected chi connectivity index (χ2v) is 15.2. The van der Waals surface area contributed by atoms with E-state index < -0.39 is 0 Å². The van der Waals surface area contributed by atoms with Crippen LogP contribution in [0.15, 0.2) is 0 Å². The van der Waals surface area contributed by atoms with Crippen molar-refractivity contribution in [2.24, 2.45) is 39.4 Å². The predicted molar refractivity (Wildman–Crippen MR) is 120 cm³/mol. The number of hydrogen-bond acceptors (Lipinski definition) is 4. The third-order valence-electron chi connectivity index (χ3n) is 9.20. The zero-order valence-electron chi connectivity index (χ0n) is 19.7. The van der Waals surface area contributed by atoms with Crippen LogP contribution < -0.4 is 0 Å². The number of hydrogen-bond donors (Lipinski definition) is 0. The minimum Gasteiger partial charge on any atom is -0.186 e. The van der Waals surface area contributed by atoms with Crippen LogP contribution in [0.4, 0.5) is 0 Å². The molecule has 8 bridgehead atoms. The molecule has 2 atom stereocenters.